The van der Waals surface area contributed by atoms with E-state index >= 15 is 0 Å². The lowest BCUT2D eigenvalue weighted by molar-refractivity contribution is -0.122. The number of carbonyl (C=O) groups is 1. The van der Waals surface area contributed by atoms with Crippen LogP contribution in [-0.2, 0) is 11.2 Å². The van der Waals surface area contributed by atoms with Crippen LogP contribution >= 0.6 is 0 Å². The molecule has 0 aliphatic heterocycles. The van der Waals surface area contributed by atoms with Crippen molar-refractivity contribution in [3.8, 4) is 11.4 Å². The summed E-state index contributed by atoms with van der Waals surface area (Å²) in [4.78, 5) is 20.2. The van der Waals surface area contributed by atoms with Crippen LogP contribution in [0.3, 0.4) is 0 Å². The van der Waals surface area contributed by atoms with Gasteiger partial charge in [-0.3, -0.25) is 9.78 Å². The van der Waals surface area contributed by atoms with Gasteiger partial charge < -0.3 is 14.9 Å². The maximum absolute atomic E-state index is 12.0. The molecule has 2 N–H and O–H groups in total. The lowest BCUT2D eigenvalue weighted by Gasteiger charge is -2.32. The van der Waals surface area contributed by atoms with Crippen LogP contribution in [0.2, 0.25) is 0 Å². The number of aliphatic hydroxyl groups is 1. The summed E-state index contributed by atoms with van der Waals surface area (Å²) in [7, 11) is 0. The molecule has 0 saturated heterocycles. The highest BCUT2D eigenvalue weighted by Crippen LogP contribution is 2.27. The van der Waals surface area contributed by atoms with Crippen LogP contribution in [0.25, 0.3) is 11.4 Å². The van der Waals surface area contributed by atoms with E-state index in [2.05, 4.69) is 20.4 Å². The van der Waals surface area contributed by atoms with Gasteiger partial charge in [-0.1, -0.05) is 24.4 Å². The Bertz CT molecular complexity index is 665. The van der Waals surface area contributed by atoms with E-state index in [1.165, 1.54) is 0 Å². The van der Waals surface area contributed by atoms with Crippen LogP contribution in [0.5, 0.6) is 0 Å². The number of hydrogen-bond acceptors (Lipinski definition) is 6. The van der Waals surface area contributed by atoms with E-state index in [1.807, 2.05) is 0 Å². The van der Waals surface area contributed by atoms with Crippen molar-refractivity contribution in [3.63, 3.8) is 0 Å². The number of amides is 1. The number of nitrogens with zero attached hydrogens (tertiary/aromatic N) is 3. The first-order valence-electron chi connectivity index (χ1n) is 8.37. The van der Waals surface area contributed by atoms with Crippen molar-refractivity contribution in [2.24, 2.45) is 0 Å². The maximum atomic E-state index is 12.0. The van der Waals surface area contributed by atoms with Gasteiger partial charge in [-0.2, -0.15) is 4.98 Å². The van der Waals surface area contributed by atoms with Gasteiger partial charge in [0.25, 0.3) is 0 Å². The number of pyridine rings is 1. The molecule has 1 fully saturated rings. The summed E-state index contributed by atoms with van der Waals surface area (Å²) in [5.74, 6) is 0.801. The number of hydrogen-bond donors (Lipinski definition) is 2. The lowest BCUT2D eigenvalue weighted by atomic mass is 9.85. The maximum Gasteiger partial charge on any atom is 0.227 e. The predicted molar refractivity (Wildman–Crippen MR) is 86.9 cm³/mol. The largest absolute Gasteiger partial charge is 0.388 e. The third-order valence-corrected chi connectivity index (χ3v) is 4.37. The van der Waals surface area contributed by atoms with Crippen LogP contribution in [-0.4, -0.2) is 38.3 Å². The minimum Gasteiger partial charge on any atom is -0.388 e. The average Bonchev–Trinajstić information content (AvgIpc) is 3.09. The minimum absolute atomic E-state index is 0.113. The standard InChI is InChI=1S/C17H22N4O3/c22-14(19-12-17(23)8-2-1-3-9-17)4-5-15-20-16(21-24-15)13-6-10-18-11-7-13/h6-7,10-11,23H,1-5,8-9,12H2,(H,19,22). The topological polar surface area (TPSA) is 101 Å². The van der Waals surface area contributed by atoms with Crippen molar-refractivity contribution in [1.82, 2.24) is 20.4 Å². The van der Waals surface area contributed by atoms with Gasteiger partial charge in [0.05, 0.1) is 5.60 Å². The smallest absolute Gasteiger partial charge is 0.227 e. The Morgan fingerprint density at radius 2 is 2.00 bits per heavy atom. The minimum atomic E-state index is -0.743. The summed E-state index contributed by atoms with van der Waals surface area (Å²) in [6, 6.07) is 3.60. The second-order valence-corrected chi connectivity index (χ2v) is 6.31. The second-order valence-electron chi connectivity index (χ2n) is 6.31. The molecule has 1 saturated carbocycles. The van der Waals surface area contributed by atoms with Gasteiger partial charge in [-0.05, 0) is 25.0 Å². The van der Waals surface area contributed by atoms with Crippen LogP contribution in [0.1, 0.15) is 44.4 Å². The summed E-state index contributed by atoms with van der Waals surface area (Å²) < 4.78 is 5.17. The Labute approximate surface area is 140 Å². The first-order valence-corrected chi connectivity index (χ1v) is 8.37. The van der Waals surface area contributed by atoms with Crippen LogP contribution < -0.4 is 5.32 Å². The highest BCUT2D eigenvalue weighted by atomic mass is 16.5. The first-order chi connectivity index (χ1) is 11.6. The molecule has 1 amide bonds. The number of rotatable bonds is 6. The second kappa shape index (κ2) is 7.53. The lowest BCUT2D eigenvalue weighted by Crippen LogP contribution is -2.44. The molecule has 128 valence electrons. The third-order valence-electron chi connectivity index (χ3n) is 4.37. The molecule has 24 heavy (non-hydrogen) atoms. The molecule has 1 aliphatic rings. The number of aryl methyl sites for hydroxylation is 1. The number of aromatic nitrogens is 3. The quantitative estimate of drug-likeness (QED) is 0.838. The molecular weight excluding hydrogens is 308 g/mol. The van der Waals surface area contributed by atoms with E-state index in [-0.39, 0.29) is 12.3 Å². The zero-order valence-electron chi connectivity index (χ0n) is 13.6. The predicted octanol–water partition coefficient (Wildman–Crippen LogP) is 1.88. The van der Waals surface area contributed by atoms with E-state index in [4.69, 9.17) is 4.52 Å². The monoisotopic (exact) mass is 330 g/mol. The Hall–Kier alpha value is -2.28. The van der Waals surface area contributed by atoms with E-state index in [9.17, 15) is 9.90 Å². The van der Waals surface area contributed by atoms with Crippen molar-refractivity contribution in [3.05, 3.63) is 30.4 Å². The first kappa shape index (κ1) is 16.6. The highest BCUT2D eigenvalue weighted by Gasteiger charge is 2.29. The molecule has 0 bridgehead atoms. The Balaban J connectivity index is 1.46. The molecule has 0 atom stereocenters. The average molecular weight is 330 g/mol. The number of nitrogens with one attached hydrogen (secondary N) is 1. The van der Waals surface area contributed by atoms with Gasteiger partial charge in [0, 0.05) is 37.3 Å². The fraction of sp³-hybridized carbons (Fsp3) is 0.529. The van der Waals surface area contributed by atoms with Crippen molar-refractivity contribution in [1.29, 1.82) is 0 Å². The van der Waals surface area contributed by atoms with Gasteiger partial charge in [-0.15, -0.1) is 0 Å². The molecule has 2 aromatic rings. The molecule has 1 aliphatic carbocycles. The van der Waals surface area contributed by atoms with Gasteiger partial charge >= 0.3 is 0 Å². The van der Waals surface area contributed by atoms with Crippen molar-refractivity contribution < 1.29 is 14.4 Å². The molecule has 3 rings (SSSR count). The van der Waals surface area contributed by atoms with Gasteiger partial charge in [0.1, 0.15) is 0 Å². The molecule has 7 heteroatoms. The van der Waals surface area contributed by atoms with Gasteiger partial charge in [-0.25, -0.2) is 0 Å². The van der Waals surface area contributed by atoms with E-state index < -0.39 is 5.60 Å². The molecule has 0 aromatic carbocycles. The molecule has 0 unspecified atom stereocenters. The van der Waals surface area contributed by atoms with Crippen molar-refractivity contribution in [2.45, 2.75) is 50.5 Å². The molecular formula is C17H22N4O3. The zero-order valence-corrected chi connectivity index (χ0v) is 13.6. The summed E-state index contributed by atoms with van der Waals surface area (Å²) in [5.41, 5.74) is 0.0800. The normalized spacial score (nSPS) is 16.7. The van der Waals surface area contributed by atoms with Gasteiger partial charge in [0.15, 0.2) is 0 Å². The highest BCUT2D eigenvalue weighted by molar-refractivity contribution is 5.76. The van der Waals surface area contributed by atoms with Crippen LogP contribution in [0.15, 0.2) is 29.0 Å². The summed E-state index contributed by atoms with van der Waals surface area (Å²) in [6.45, 7) is 0.317. The van der Waals surface area contributed by atoms with Gasteiger partial charge in [0.2, 0.25) is 17.6 Å². The molecule has 2 aromatic heterocycles. The third kappa shape index (κ3) is 4.38. The van der Waals surface area contributed by atoms with Crippen molar-refractivity contribution in [2.75, 3.05) is 6.54 Å². The fourth-order valence-corrected chi connectivity index (χ4v) is 2.93. The van der Waals surface area contributed by atoms with Crippen molar-refractivity contribution >= 4 is 5.91 Å². The Kier molecular flexibility index (Phi) is 5.20. The summed E-state index contributed by atoms with van der Waals surface area (Å²) in [6.07, 6.45) is 8.67. The summed E-state index contributed by atoms with van der Waals surface area (Å²) in [5, 5.41) is 17.1. The van der Waals surface area contributed by atoms with E-state index in [1.54, 1.807) is 24.5 Å². The van der Waals surface area contributed by atoms with Crippen LogP contribution in [0.4, 0.5) is 0 Å². The zero-order chi connectivity index (χ0) is 16.8. The molecule has 0 spiro atoms. The van der Waals surface area contributed by atoms with Crippen LogP contribution in [0, 0.1) is 0 Å². The van der Waals surface area contributed by atoms with E-state index in [0.717, 1.165) is 37.7 Å². The fourth-order valence-electron chi connectivity index (χ4n) is 2.93. The summed E-state index contributed by atoms with van der Waals surface area (Å²) >= 11 is 0. The SMILES string of the molecule is O=C(CCc1nc(-c2ccncc2)no1)NCC1(O)CCCCC1. The molecule has 0 radical (unpaired) electrons. The Morgan fingerprint density at radius 1 is 1.25 bits per heavy atom. The Morgan fingerprint density at radius 3 is 2.75 bits per heavy atom. The molecule has 2 heterocycles. The molecule has 7 nitrogen and oxygen atoms in total. The number of carbonyl (C=O) groups excluding carboxylic acids is 1. The van der Waals surface area contributed by atoms with E-state index in [0.29, 0.717) is 24.7 Å².